The first-order chi connectivity index (χ1) is 9.95. The molecule has 0 aliphatic rings. The molecule has 0 fully saturated rings. The number of nitrogens with zero attached hydrogens (tertiary/aromatic N) is 1. The summed E-state index contributed by atoms with van der Waals surface area (Å²) in [6.45, 7) is 0.233. The van der Waals surface area contributed by atoms with Gasteiger partial charge in [0.05, 0.1) is 10.9 Å². The molecule has 0 unspecified atom stereocenters. The highest BCUT2D eigenvalue weighted by atomic mass is 79.9. The van der Waals surface area contributed by atoms with Crippen LogP contribution in [0.15, 0.2) is 34.8 Å². The van der Waals surface area contributed by atoms with Crippen molar-refractivity contribution in [1.82, 2.24) is 4.90 Å². The van der Waals surface area contributed by atoms with E-state index < -0.39 is 5.82 Å². The van der Waals surface area contributed by atoms with Crippen LogP contribution in [-0.4, -0.2) is 24.5 Å². The van der Waals surface area contributed by atoms with E-state index in [4.69, 9.17) is 16.3 Å². The number of carbonyl (C=O) groups excluding carboxylic acids is 1. The van der Waals surface area contributed by atoms with Gasteiger partial charge in [0.25, 0.3) is 5.91 Å². The number of benzene rings is 1. The van der Waals surface area contributed by atoms with Crippen LogP contribution in [-0.2, 0) is 11.3 Å². The van der Waals surface area contributed by atoms with Crippen LogP contribution >= 0.6 is 38.9 Å². The van der Waals surface area contributed by atoms with Gasteiger partial charge in [-0.3, -0.25) is 4.79 Å². The Morgan fingerprint density at radius 3 is 2.81 bits per heavy atom. The normalized spacial score (nSPS) is 10.5. The summed E-state index contributed by atoms with van der Waals surface area (Å²) in [5, 5.41) is 0. The van der Waals surface area contributed by atoms with Crippen LogP contribution in [0.3, 0.4) is 0 Å². The fraction of sp³-hybridized carbons (Fsp3) is 0.214. The van der Waals surface area contributed by atoms with Crippen molar-refractivity contribution in [2.24, 2.45) is 0 Å². The number of thiophene rings is 1. The molecule has 0 aliphatic heterocycles. The average molecular weight is 393 g/mol. The predicted molar refractivity (Wildman–Crippen MR) is 85.4 cm³/mol. The number of amides is 1. The Bertz CT molecular complexity index is 650. The smallest absolute Gasteiger partial charge is 0.260 e. The third kappa shape index (κ3) is 4.69. The second-order valence-electron chi connectivity index (χ2n) is 4.32. The molecule has 0 atom stereocenters. The summed E-state index contributed by atoms with van der Waals surface area (Å²) in [5.41, 5.74) is 0. The first-order valence-electron chi connectivity index (χ1n) is 6.01. The molecule has 0 radical (unpaired) electrons. The maximum atomic E-state index is 13.6. The zero-order valence-electron chi connectivity index (χ0n) is 11.1. The summed E-state index contributed by atoms with van der Waals surface area (Å²) in [6.07, 6.45) is 0. The minimum Gasteiger partial charge on any atom is -0.481 e. The molecule has 1 heterocycles. The van der Waals surface area contributed by atoms with Crippen molar-refractivity contribution in [2.75, 3.05) is 13.7 Å². The third-order valence-corrected chi connectivity index (χ3v) is 4.40. The van der Waals surface area contributed by atoms with Crippen molar-refractivity contribution in [3.05, 3.63) is 49.8 Å². The predicted octanol–water partition coefficient (Wildman–Crippen LogP) is 4.34. The number of carbonyl (C=O) groups is 1. The van der Waals surface area contributed by atoms with E-state index >= 15 is 0 Å². The van der Waals surface area contributed by atoms with Gasteiger partial charge in [0.15, 0.2) is 18.2 Å². The third-order valence-electron chi connectivity index (χ3n) is 2.69. The van der Waals surface area contributed by atoms with Crippen molar-refractivity contribution in [1.29, 1.82) is 0 Å². The summed E-state index contributed by atoms with van der Waals surface area (Å²) in [4.78, 5) is 14.4. The minimum atomic E-state index is -0.509. The molecule has 0 aliphatic carbocycles. The number of halogens is 3. The van der Waals surface area contributed by atoms with Crippen molar-refractivity contribution >= 4 is 44.8 Å². The van der Waals surface area contributed by atoms with Crippen LogP contribution in [0.4, 0.5) is 4.39 Å². The lowest BCUT2D eigenvalue weighted by atomic mass is 10.3. The topological polar surface area (TPSA) is 29.5 Å². The lowest BCUT2D eigenvalue weighted by Crippen LogP contribution is -2.30. The number of hydrogen-bond acceptors (Lipinski definition) is 3. The van der Waals surface area contributed by atoms with Crippen LogP contribution in [0, 0.1) is 5.82 Å². The molecule has 0 saturated carbocycles. The number of hydrogen-bond donors (Lipinski definition) is 0. The quantitative estimate of drug-likeness (QED) is 0.757. The summed E-state index contributed by atoms with van der Waals surface area (Å²) < 4.78 is 20.1. The highest BCUT2D eigenvalue weighted by Crippen LogP contribution is 2.23. The van der Waals surface area contributed by atoms with Gasteiger partial charge in [0.2, 0.25) is 0 Å². The first kappa shape index (κ1) is 16.3. The number of likely N-dealkylation sites (N-methyl/N-ethyl adjacent to an activating group) is 1. The molecule has 2 aromatic rings. The molecule has 1 aromatic carbocycles. The largest absolute Gasteiger partial charge is 0.481 e. The molecule has 0 saturated heterocycles. The van der Waals surface area contributed by atoms with Gasteiger partial charge in [0.1, 0.15) is 0 Å². The van der Waals surface area contributed by atoms with E-state index in [1.54, 1.807) is 19.2 Å². The maximum Gasteiger partial charge on any atom is 0.260 e. The van der Waals surface area contributed by atoms with Crippen LogP contribution in [0.2, 0.25) is 4.34 Å². The van der Waals surface area contributed by atoms with E-state index in [-0.39, 0.29) is 18.3 Å². The summed E-state index contributed by atoms with van der Waals surface area (Å²) >= 11 is 10.4. The van der Waals surface area contributed by atoms with Crippen molar-refractivity contribution in [3.8, 4) is 5.75 Å². The average Bonchev–Trinajstić information content (AvgIpc) is 2.82. The van der Waals surface area contributed by atoms with E-state index in [9.17, 15) is 9.18 Å². The Morgan fingerprint density at radius 2 is 2.19 bits per heavy atom. The van der Waals surface area contributed by atoms with Gasteiger partial charge < -0.3 is 9.64 Å². The Labute approximate surface area is 139 Å². The van der Waals surface area contributed by atoms with Gasteiger partial charge >= 0.3 is 0 Å². The van der Waals surface area contributed by atoms with Crippen LogP contribution in [0.25, 0.3) is 0 Å². The molecule has 112 valence electrons. The Balaban J connectivity index is 1.89. The lowest BCUT2D eigenvalue weighted by molar-refractivity contribution is -0.132. The SMILES string of the molecule is CN(Cc1ccc(Cl)s1)C(=O)COc1ccc(Br)cc1F. The van der Waals surface area contributed by atoms with Crippen LogP contribution in [0.1, 0.15) is 4.88 Å². The lowest BCUT2D eigenvalue weighted by Gasteiger charge is -2.16. The first-order valence-corrected chi connectivity index (χ1v) is 8.00. The molecular weight excluding hydrogens is 381 g/mol. The maximum absolute atomic E-state index is 13.6. The monoisotopic (exact) mass is 391 g/mol. The molecule has 1 aromatic heterocycles. The standard InChI is InChI=1S/C14H12BrClFNO2S/c1-18(7-10-3-5-13(16)21-10)14(19)8-20-12-4-2-9(15)6-11(12)17/h2-6H,7-8H2,1H3. The zero-order chi connectivity index (χ0) is 15.4. The molecule has 0 spiro atoms. The molecule has 7 heteroatoms. The fourth-order valence-corrected chi connectivity index (χ4v) is 3.07. The summed E-state index contributed by atoms with van der Waals surface area (Å²) in [7, 11) is 1.66. The van der Waals surface area contributed by atoms with Crippen molar-refractivity contribution < 1.29 is 13.9 Å². The van der Waals surface area contributed by atoms with Crippen LogP contribution < -0.4 is 4.74 Å². The molecule has 0 bridgehead atoms. The minimum absolute atomic E-state index is 0.0547. The van der Waals surface area contributed by atoms with E-state index in [0.717, 1.165) is 4.88 Å². The van der Waals surface area contributed by atoms with Crippen molar-refractivity contribution in [2.45, 2.75) is 6.54 Å². The Kier molecular flexibility index (Phi) is 5.61. The Morgan fingerprint density at radius 1 is 1.43 bits per heavy atom. The van der Waals surface area contributed by atoms with Crippen molar-refractivity contribution in [3.63, 3.8) is 0 Å². The molecule has 0 N–H and O–H groups in total. The molecule has 21 heavy (non-hydrogen) atoms. The van der Waals surface area contributed by atoms with E-state index in [0.29, 0.717) is 15.4 Å². The second kappa shape index (κ2) is 7.24. The summed E-state index contributed by atoms with van der Waals surface area (Å²) in [6, 6.07) is 8.07. The van der Waals surface area contributed by atoms with Gasteiger partial charge in [-0.1, -0.05) is 27.5 Å². The highest BCUT2D eigenvalue weighted by molar-refractivity contribution is 9.10. The second-order valence-corrected chi connectivity index (χ2v) is 7.03. The number of ether oxygens (including phenoxy) is 1. The molecule has 1 amide bonds. The molecule has 3 nitrogen and oxygen atoms in total. The highest BCUT2D eigenvalue weighted by Gasteiger charge is 2.13. The van der Waals surface area contributed by atoms with Gasteiger partial charge in [-0.15, -0.1) is 11.3 Å². The van der Waals surface area contributed by atoms with E-state index in [1.165, 1.54) is 28.4 Å². The zero-order valence-corrected chi connectivity index (χ0v) is 14.3. The van der Waals surface area contributed by atoms with E-state index in [2.05, 4.69) is 15.9 Å². The van der Waals surface area contributed by atoms with Gasteiger partial charge in [-0.05, 0) is 30.3 Å². The van der Waals surface area contributed by atoms with E-state index in [1.807, 2.05) is 6.07 Å². The molecular formula is C14H12BrClFNO2S. The summed E-state index contributed by atoms with van der Waals surface area (Å²) in [5.74, 6) is -0.689. The molecule has 2 rings (SSSR count). The van der Waals surface area contributed by atoms with Gasteiger partial charge in [-0.25, -0.2) is 4.39 Å². The van der Waals surface area contributed by atoms with Crippen LogP contribution in [0.5, 0.6) is 5.75 Å². The number of rotatable bonds is 5. The fourth-order valence-electron chi connectivity index (χ4n) is 1.60. The Hall–Kier alpha value is -1.11. The van der Waals surface area contributed by atoms with Gasteiger partial charge in [-0.2, -0.15) is 0 Å². The van der Waals surface area contributed by atoms with Gasteiger partial charge in [0, 0.05) is 16.4 Å².